The lowest BCUT2D eigenvalue weighted by Crippen LogP contribution is -1.89. The number of fused-ring (bicyclic) bond motifs is 1. The summed E-state index contributed by atoms with van der Waals surface area (Å²) < 4.78 is 1.30. The minimum atomic E-state index is 0.0489. The summed E-state index contributed by atoms with van der Waals surface area (Å²) in [4.78, 5) is 7.96. The van der Waals surface area contributed by atoms with Crippen LogP contribution >= 0.6 is 11.8 Å². The molecule has 0 bridgehead atoms. The van der Waals surface area contributed by atoms with Gasteiger partial charge < -0.3 is 5.11 Å². The largest absolute Gasteiger partial charge is 0.493 e. The van der Waals surface area contributed by atoms with Crippen LogP contribution in [0.15, 0.2) is 17.4 Å². The van der Waals surface area contributed by atoms with E-state index in [1.54, 1.807) is 0 Å². The Balaban J connectivity index is 2.74. The van der Waals surface area contributed by atoms with Gasteiger partial charge in [0.2, 0.25) is 11.0 Å². The minimum absolute atomic E-state index is 0.0489. The Morgan fingerprint density at radius 1 is 1.58 bits per heavy atom. The van der Waals surface area contributed by atoms with Gasteiger partial charge in [-0.15, -0.1) is 5.10 Å². The zero-order valence-electron chi connectivity index (χ0n) is 6.30. The van der Waals surface area contributed by atoms with Crippen LogP contribution in [-0.2, 0) is 0 Å². The van der Waals surface area contributed by atoms with Gasteiger partial charge in [-0.1, -0.05) is 11.8 Å². The third-order valence-electron chi connectivity index (χ3n) is 1.38. The molecule has 2 aromatic rings. The van der Waals surface area contributed by atoms with Crippen molar-refractivity contribution < 1.29 is 5.11 Å². The molecule has 1 N–H and O–H groups in total. The first-order valence-electron chi connectivity index (χ1n) is 3.26. The SMILES string of the molecule is CSc1nc2nccc(O)n2n1. The van der Waals surface area contributed by atoms with E-state index in [9.17, 15) is 5.11 Å². The second kappa shape index (κ2) is 2.63. The number of nitrogens with zero attached hydrogens (tertiary/aromatic N) is 4. The van der Waals surface area contributed by atoms with Crippen molar-refractivity contribution in [2.45, 2.75) is 5.16 Å². The van der Waals surface area contributed by atoms with Crippen LogP contribution in [0.1, 0.15) is 0 Å². The zero-order chi connectivity index (χ0) is 8.55. The number of hydrogen-bond donors (Lipinski definition) is 1. The van der Waals surface area contributed by atoms with E-state index in [1.165, 1.54) is 28.5 Å². The number of aromatic nitrogens is 4. The van der Waals surface area contributed by atoms with Crippen molar-refractivity contribution in [3.63, 3.8) is 0 Å². The first-order valence-corrected chi connectivity index (χ1v) is 4.48. The highest BCUT2D eigenvalue weighted by atomic mass is 32.2. The zero-order valence-corrected chi connectivity index (χ0v) is 7.12. The van der Waals surface area contributed by atoms with Crippen molar-refractivity contribution in [2.24, 2.45) is 0 Å². The van der Waals surface area contributed by atoms with Crippen molar-refractivity contribution >= 4 is 17.5 Å². The molecule has 2 aromatic heterocycles. The van der Waals surface area contributed by atoms with Gasteiger partial charge in [0.1, 0.15) is 0 Å². The van der Waals surface area contributed by atoms with Crippen LogP contribution in [0, 0.1) is 0 Å². The van der Waals surface area contributed by atoms with E-state index in [-0.39, 0.29) is 5.88 Å². The van der Waals surface area contributed by atoms with Crippen molar-refractivity contribution in [1.82, 2.24) is 19.6 Å². The Morgan fingerprint density at radius 3 is 3.08 bits per heavy atom. The van der Waals surface area contributed by atoms with E-state index < -0.39 is 0 Å². The third kappa shape index (κ3) is 1.00. The molecule has 0 saturated carbocycles. The maximum absolute atomic E-state index is 9.29. The second-order valence-corrected chi connectivity index (χ2v) is 2.89. The molecule has 0 saturated heterocycles. The van der Waals surface area contributed by atoms with Crippen LogP contribution in [0.5, 0.6) is 5.88 Å². The highest BCUT2D eigenvalue weighted by Crippen LogP contribution is 2.13. The molecule has 62 valence electrons. The summed E-state index contributed by atoms with van der Waals surface area (Å²) in [6.45, 7) is 0. The Hall–Kier alpha value is -1.30. The lowest BCUT2D eigenvalue weighted by atomic mass is 10.6. The normalized spacial score (nSPS) is 10.8. The molecule has 0 aliphatic rings. The predicted octanol–water partition coefficient (Wildman–Crippen LogP) is 0.552. The summed E-state index contributed by atoms with van der Waals surface area (Å²) in [6, 6.07) is 1.46. The summed E-state index contributed by atoms with van der Waals surface area (Å²) in [5, 5.41) is 13.9. The average molecular weight is 182 g/mol. The molecule has 12 heavy (non-hydrogen) atoms. The molecule has 0 aliphatic carbocycles. The Kier molecular flexibility index (Phi) is 1.61. The molecule has 0 aliphatic heterocycles. The summed E-state index contributed by atoms with van der Waals surface area (Å²) in [5.41, 5.74) is 0. The smallest absolute Gasteiger partial charge is 0.256 e. The Bertz CT molecular complexity index is 413. The fourth-order valence-corrected chi connectivity index (χ4v) is 1.19. The van der Waals surface area contributed by atoms with Crippen LogP contribution in [0.25, 0.3) is 5.78 Å². The maximum atomic E-state index is 9.29. The molecular formula is C6H6N4OS. The molecule has 0 radical (unpaired) electrons. The fourth-order valence-electron chi connectivity index (χ4n) is 0.850. The van der Waals surface area contributed by atoms with Crippen LogP contribution in [-0.4, -0.2) is 30.9 Å². The van der Waals surface area contributed by atoms with Crippen LogP contribution in [0.4, 0.5) is 0 Å². The van der Waals surface area contributed by atoms with E-state index >= 15 is 0 Å². The van der Waals surface area contributed by atoms with Gasteiger partial charge >= 0.3 is 0 Å². The second-order valence-electron chi connectivity index (χ2n) is 2.11. The van der Waals surface area contributed by atoms with Crippen LogP contribution < -0.4 is 0 Å². The molecule has 5 nitrogen and oxygen atoms in total. The highest BCUT2D eigenvalue weighted by molar-refractivity contribution is 7.98. The van der Waals surface area contributed by atoms with E-state index in [1.807, 2.05) is 6.26 Å². The minimum Gasteiger partial charge on any atom is -0.493 e. The topological polar surface area (TPSA) is 63.3 Å². The van der Waals surface area contributed by atoms with Crippen molar-refractivity contribution in [1.29, 1.82) is 0 Å². The predicted molar refractivity (Wildman–Crippen MR) is 44.2 cm³/mol. The molecule has 0 fully saturated rings. The van der Waals surface area contributed by atoms with E-state index in [0.29, 0.717) is 10.9 Å². The van der Waals surface area contributed by atoms with Crippen molar-refractivity contribution in [3.05, 3.63) is 12.3 Å². The standard InChI is InChI=1S/C6H6N4OS/c1-12-6-8-5-7-3-2-4(11)10(5)9-6/h2-3,11H,1H3. The number of thioether (sulfide) groups is 1. The molecular weight excluding hydrogens is 176 g/mol. The maximum Gasteiger partial charge on any atom is 0.256 e. The number of aromatic hydroxyl groups is 1. The molecule has 0 atom stereocenters. The van der Waals surface area contributed by atoms with Gasteiger partial charge in [-0.25, -0.2) is 4.98 Å². The molecule has 2 heterocycles. The van der Waals surface area contributed by atoms with E-state index in [0.717, 1.165) is 0 Å². The van der Waals surface area contributed by atoms with Gasteiger partial charge in [0.05, 0.1) is 0 Å². The highest BCUT2D eigenvalue weighted by Gasteiger charge is 2.04. The summed E-state index contributed by atoms with van der Waals surface area (Å²) in [6.07, 6.45) is 3.36. The Morgan fingerprint density at radius 2 is 2.42 bits per heavy atom. The lowest BCUT2D eigenvalue weighted by Gasteiger charge is -1.91. The van der Waals surface area contributed by atoms with Gasteiger partial charge in [-0.2, -0.15) is 9.50 Å². The molecule has 0 amide bonds. The molecule has 0 unspecified atom stereocenters. The summed E-state index contributed by atoms with van der Waals surface area (Å²) in [5.74, 6) is 0.465. The quantitative estimate of drug-likeness (QED) is 0.652. The third-order valence-corrected chi connectivity index (χ3v) is 1.92. The van der Waals surface area contributed by atoms with Crippen molar-refractivity contribution in [3.8, 4) is 5.88 Å². The average Bonchev–Trinajstić information content (AvgIpc) is 2.49. The summed E-state index contributed by atoms with van der Waals surface area (Å²) in [7, 11) is 0. The summed E-state index contributed by atoms with van der Waals surface area (Å²) >= 11 is 1.41. The first-order chi connectivity index (χ1) is 5.81. The van der Waals surface area contributed by atoms with Crippen LogP contribution in [0.2, 0.25) is 0 Å². The fraction of sp³-hybridized carbons (Fsp3) is 0.167. The van der Waals surface area contributed by atoms with Gasteiger partial charge in [-0.05, 0) is 6.26 Å². The van der Waals surface area contributed by atoms with E-state index in [2.05, 4.69) is 15.1 Å². The lowest BCUT2D eigenvalue weighted by molar-refractivity contribution is 0.434. The Labute approximate surface area is 72.5 Å². The number of hydrogen-bond acceptors (Lipinski definition) is 5. The van der Waals surface area contributed by atoms with Gasteiger partial charge in [0.15, 0.2) is 0 Å². The monoisotopic (exact) mass is 182 g/mol. The molecule has 0 spiro atoms. The van der Waals surface area contributed by atoms with Gasteiger partial charge in [-0.3, -0.25) is 0 Å². The van der Waals surface area contributed by atoms with E-state index in [4.69, 9.17) is 0 Å². The van der Waals surface area contributed by atoms with Crippen molar-refractivity contribution in [2.75, 3.05) is 6.26 Å². The van der Waals surface area contributed by atoms with Gasteiger partial charge in [0, 0.05) is 12.3 Å². The molecule has 6 heteroatoms. The number of rotatable bonds is 1. The molecule has 0 aromatic carbocycles. The van der Waals surface area contributed by atoms with Crippen LogP contribution in [0.3, 0.4) is 0 Å². The molecule has 2 rings (SSSR count). The first kappa shape index (κ1) is 7.35. The van der Waals surface area contributed by atoms with Gasteiger partial charge in [0.25, 0.3) is 5.78 Å².